The van der Waals surface area contributed by atoms with Crippen LogP contribution in [0.25, 0.3) is 0 Å². The standard InChI is InChI=1S/C13H19Cl2NOS/c1-2-6-16-12(10-5-3-4-7-17-10)9-8-11(14)18-13(9)15/h8,10,12,16H,2-7H2,1H3. The van der Waals surface area contributed by atoms with Gasteiger partial charge in [0.15, 0.2) is 0 Å². The molecule has 1 aliphatic heterocycles. The maximum absolute atomic E-state index is 6.28. The Balaban J connectivity index is 2.15. The zero-order valence-electron chi connectivity index (χ0n) is 10.5. The lowest BCUT2D eigenvalue weighted by atomic mass is 9.97. The lowest BCUT2D eigenvalue weighted by Crippen LogP contribution is -2.36. The largest absolute Gasteiger partial charge is 0.376 e. The third-order valence-electron chi connectivity index (χ3n) is 3.22. The van der Waals surface area contributed by atoms with Gasteiger partial charge in [-0.15, -0.1) is 11.3 Å². The van der Waals surface area contributed by atoms with Gasteiger partial charge < -0.3 is 10.1 Å². The highest BCUT2D eigenvalue weighted by molar-refractivity contribution is 7.20. The molecule has 1 aromatic heterocycles. The monoisotopic (exact) mass is 307 g/mol. The molecule has 5 heteroatoms. The Morgan fingerprint density at radius 2 is 2.33 bits per heavy atom. The number of rotatable bonds is 5. The molecular weight excluding hydrogens is 289 g/mol. The van der Waals surface area contributed by atoms with Gasteiger partial charge in [-0.3, -0.25) is 0 Å². The third-order valence-corrected chi connectivity index (χ3v) is 4.74. The van der Waals surface area contributed by atoms with E-state index >= 15 is 0 Å². The van der Waals surface area contributed by atoms with Gasteiger partial charge in [0, 0.05) is 12.2 Å². The molecule has 102 valence electrons. The summed E-state index contributed by atoms with van der Waals surface area (Å²) in [6.07, 6.45) is 4.79. The first-order chi connectivity index (χ1) is 8.72. The van der Waals surface area contributed by atoms with Crippen molar-refractivity contribution >= 4 is 34.5 Å². The molecule has 1 aliphatic rings. The Kier molecular flexibility index (Phi) is 5.77. The van der Waals surface area contributed by atoms with Crippen molar-refractivity contribution in [1.82, 2.24) is 5.32 Å². The Morgan fingerprint density at radius 3 is 2.89 bits per heavy atom. The Labute approximate surface area is 123 Å². The van der Waals surface area contributed by atoms with E-state index < -0.39 is 0 Å². The van der Waals surface area contributed by atoms with E-state index in [1.54, 1.807) is 0 Å². The van der Waals surface area contributed by atoms with E-state index in [4.69, 9.17) is 27.9 Å². The van der Waals surface area contributed by atoms with Gasteiger partial charge in [0.05, 0.1) is 20.8 Å². The van der Waals surface area contributed by atoms with Crippen molar-refractivity contribution in [1.29, 1.82) is 0 Å². The average Bonchev–Trinajstić information content (AvgIpc) is 2.70. The number of halogens is 2. The van der Waals surface area contributed by atoms with Crippen LogP contribution in [0.2, 0.25) is 8.67 Å². The van der Waals surface area contributed by atoms with Crippen molar-refractivity contribution in [3.63, 3.8) is 0 Å². The second-order valence-electron chi connectivity index (χ2n) is 4.62. The van der Waals surface area contributed by atoms with Gasteiger partial charge in [-0.2, -0.15) is 0 Å². The van der Waals surface area contributed by atoms with Crippen LogP contribution in [-0.2, 0) is 4.74 Å². The molecule has 1 N–H and O–H groups in total. The molecule has 1 fully saturated rings. The zero-order chi connectivity index (χ0) is 13.0. The third kappa shape index (κ3) is 3.61. The predicted molar refractivity (Wildman–Crippen MR) is 79.0 cm³/mol. The molecule has 2 heterocycles. The highest BCUT2D eigenvalue weighted by Crippen LogP contribution is 2.38. The molecule has 2 rings (SSSR count). The van der Waals surface area contributed by atoms with Gasteiger partial charge in [0.1, 0.15) is 0 Å². The molecule has 1 saturated heterocycles. The quantitative estimate of drug-likeness (QED) is 0.854. The van der Waals surface area contributed by atoms with Gasteiger partial charge in [-0.05, 0) is 38.3 Å². The SMILES string of the molecule is CCCNC(c1cc(Cl)sc1Cl)C1CCCCO1. The van der Waals surface area contributed by atoms with Crippen molar-refractivity contribution in [2.75, 3.05) is 13.2 Å². The zero-order valence-corrected chi connectivity index (χ0v) is 12.9. The first-order valence-electron chi connectivity index (χ1n) is 6.52. The van der Waals surface area contributed by atoms with Crippen LogP contribution in [0.3, 0.4) is 0 Å². The molecule has 2 nitrogen and oxygen atoms in total. The van der Waals surface area contributed by atoms with E-state index in [9.17, 15) is 0 Å². The van der Waals surface area contributed by atoms with Crippen LogP contribution in [0.15, 0.2) is 6.07 Å². The lowest BCUT2D eigenvalue weighted by Gasteiger charge is -2.31. The highest BCUT2D eigenvalue weighted by Gasteiger charge is 2.28. The smallest absolute Gasteiger partial charge is 0.0992 e. The van der Waals surface area contributed by atoms with Gasteiger partial charge >= 0.3 is 0 Å². The fourth-order valence-corrected chi connectivity index (χ4v) is 3.88. The number of ether oxygens (including phenoxy) is 1. The van der Waals surface area contributed by atoms with Gasteiger partial charge in [-0.25, -0.2) is 0 Å². The Hall–Kier alpha value is 0.200. The molecular formula is C13H19Cl2NOS. The summed E-state index contributed by atoms with van der Waals surface area (Å²) in [6.45, 7) is 3.98. The minimum Gasteiger partial charge on any atom is -0.376 e. The second kappa shape index (κ2) is 7.11. The molecule has 2 atom stereocenters. The summed E-state index contributed by atoms with van der Waals surface area (Å²) in [5.74, 6) is 0. The number of hydrogen-bond donors (Lipinski definition) is 1. The van der Waals surface area contributed by atoms with E-state index in [0.717, 1.165) is 46.7 Å². The molecule has 2 unspecified atom stereocenters. The Morgan fingerprint density at radius 1 is 1.50 bits per heavy atom. The minimum absolute atomic E-state index is 0.168. The molecule has 1 aromatic rings. The number of nitrogens with one attached hydrogen (secondary N) is 1. The fraction of sp³-hybridized carbons (Fsp3) is 0.692. The van der Waals surface area contributed by atoms with Crippen LogP contribution in [-0.4, -0.2) is 19.3 Å². The minimum atomic E-state index is 0.168. The van der Waals surface area contributed by atoms with Gasteiger partial charge in [-0.1, -0.05) is 30.1 Å². The average molecular weight is 308 g/mol. The fourth-order valence-electron chi connectivity index (χ4n) is 2.34. The number of hydrogen-bond acceptors (Lipinski definition) is 3. The van der Waals surface area contributed by atoms with Crippen molar-refractivity contribution in [2.24, 2.45) is 0 Å². The van der Waals surface area contributed by atoms with Crippen LogP contribution in [0, 0.1) is 0 Å². The number of thiophene rings is 1. The second-order valence-corrected chi connectivity index (χ2v) is 6.90. The van der Waals surface area contributed by atoms with Crippen molar-refractivity contribution in [2.45, 2.75) is 44.8 Å². The molecule has 0 radical (unpaired) electrons. The first-order valence-corrected chi connectivity index (χ1v) is 8.09. The lowest BCUT2D eigenvalue weighted by molar-refractivity contribution is -0.00804. The molecule has 0 aromatic carbocycles. The van der Waals surface area contributed by atoms with Gasteiger partial charge in [0.2, 0.25) is 0 Å². The topological polar surface area (TPSA) is 21.3 Å². The highest BCUT2D eigenvalue weighted by atomic mass is 35.5. The maximum atomic E-state index is 6.28. The van der Waals surface area contributed by atoms with Crippen LogP contribution in [0.1, 0.15) is 44.2 Å². The summed E-state index contributed by atoms with van der Waals surface area (Å²) < 4.78 is 7.42. The molecule has 0 amide bonds. The molecule has 0 aliphatic carbocycles. The van der Waals surface area contributed by atoms with E-state index in [0.29, 0.717) is 0 Å². The molecule has 0 bridgehead atoms. The summed E-state index contributed by atoms with van der Waals surface area (Å²) in [4.78, 5) is 0. The molecule has 18 heavy (non-hydrogen) atoms. The van der Waals surface area contributed by atoms with Crippen molar-refractivity contribution < 1.29 is 4.74 Å². The normalized spacial score (nSPS) is 22.1. The van der Waals surface area contributed by atoms with E-state index in [2.05, 4.69) is 12.2 Å². The van der Waals surface area contributed by atoms with E-state index in [-0.39, 0.29) is 12.1 Å². The maximum Gasteiger partial charge on any atom is 0.0992 e. The van der Waals surface area contributed by atoms with Crippen molar-refractivity contribution in [3.8, 4) is 0 Å². The van der Waals surface area contributed by atoms with Gasteiger partial charge in [0.25, 0.3) is 0 Å². The first kappa shape index (κ1) is 14.6. The van der Waals surface area contributed by atoms with Crippen LogP contribution in [0.4, 0.5) is 0 Å². The summed E-state index contributed by atoms with van der Waals surface area (Å²) >= 11 is 13.8. The van der Waals surface area contributed by atoms with Crippen LogP contribution >= 0.6 is 34.5 Å². The summed E-state index contributed by atoms with van der Waals surface area (Å²) in [7, 11) is 0. The summed E-state index contributed by atoms with van der Waals surface area (Å²) in [5.41, 5.74) is 1.09. The van der Waals surface area contributed by atoms with E-state index in [1.165, 1.54) is 17.8 Å². The predicted octanol–water partition coefficient (Wildman–Crippen LogP) is 4.66. The summed E-state index contributed by atoms with van der Waals surface area (Å²) in [5, 5.41) is 3.55. The molecule has 0 saturated carbocycles. The Bertz CT molecular complexity index is 377. The van der Waals surface area contributed by atoms with Crippen LogP contribution in [0.5, 0.6) is 0 Å². The molecule has 0 spiro atoms. The van der Waals surface area contributed by atoms with Crippen molar-refractivity contribution in [3.05, 3.63) is 20.3 Å². The van der Waals surface area contributed by atoms with Crippen LogP contribution < -0.4 is 5.32 Å². The summed E-state index contributed by atoms with van der Waals surface area (Å²) in [6, 6.07) is 2.14. The van der Waals surface area contributed by atoms with E-state index in [1.807, 2.05) is 6.07 Å².